The predicted molar refractivity (Wildman–Crippen MR) is 59.9 cm³/mol. The maximum absolute atomic E-state index is 5.14. The zero-order chi connectivity index (χ0) is 10.4. The SMILES string of the molecule is COC(C)CNCCc1scnc1C. The molecule has 0 aromatic carbocycles. The fraction of sp³-hybridized carbons (Fsp3) is 0.700. The molecule has 1 aromatic rings. The number of hydrogen-bond donors (Lipinski definition) is 1. The van der Waals surface area contributed by atoms with E-state index < -0.39 is 0 Å². The molecule has 0 fully saturated rings. The summed E-state index contributed by atoms with van der Waals surface area (Å²) in [6.45, 7) is 6.03. The third-order valence-electron chi connectivity index (χ3n) is 2.21. The van der Waals surface area contributed by atoms with Crippen LogP contribution in [0.15, 0.2) is 5.51 Å². The van der Waals surface area contributed by atoms with Crippen LogP contribution < -0.4 is 5.32 Å². The number of aryl methyl sites for hydroxylation is 1. The van der Waals surface area contributed by atoms with Gasteiger partial charge in [0.25, 0.3) is 0 Å². The second-order valence-corrected chi connectivity index (χ2v) is 4.30. The van der Waals surface area contributed by atoms with Crippen LogP contribution in [0, 0.1) is 6.92 Å². The number of nitrogens with one attached hydrogen (secondary N) is 1. The van der Waals surface area contributed by atoms with Crippen molar-refractivity contribution < 1.29 is 4.74 Å². The molecule has 0 aliphatic rings. The summed E-state index contributed by atoms with van der Waals surface area (Å²) >= 11 is 1.73. The molecular formula is C10H18N2OS. The first-order chi connectivity index (χ1) is 6.74. The van der Waals surface area contributed by atoms with Gasteiger partial charge in [0, 0.05) is 25.1 Å². The Morgan fingerprint density at radius 1 is 1.64 bits per heavy atom. The van der Waals surface area contributed by atoms with Gasteiger partial charge in [-0.1, -0.05) is 0 Å². The molecule has 0 saturated heterocycles. The number of ether oxygens (including phenoxy) is 1. The topological polar surface area (TPSA) is 34.1 Å². The molecule has 0 saturated carbocycles. The molecule has 1 aromatic heterocycles. The van der Waals surface area contributed by atoms with Gasteiger partial charge < -0.3 is 10.1 Å². The number of methoxy groups -OCH3 is 1. The normalized spacial score (nSPS) is 13.1. The largest absolute Gasteiger partial charge is 0.380 e. The van der Waals surface area contributed by atoms with Gasteiger partial charge in [-0.05, 0) is 20.3 Å². The molecule has 0 bridgehead atoms. The number of nitrogens with zero attached hydrogens (tertiary/aromatic N) is 1. The summed E-state index contributed by atoms with van der Waals surface area (Å²) in [5.41, 5.74) is 3.07. The second-order valence-electron chi connectivity index (χ2n) is 3.36. The third kappa shape index (κ3) is 3.74. The average Bonchev–Trinajstić information content (AvgIpc) is 2.58. The van der Waals surface area contributed by atoms with E-state index in [1.807, 2.05) is 5.51 Å². The quantitative estimate of drug-likeness (QED) is 0.731. The highest BCUT2D eigenvalue weighted by atomic mass is 32.1. The first-order valence-electron chi connectivity index (χ1n) is 4.86. The molecule has 1 N–H and O–H groups in total. The molecule has 0 spiro atoms. The Bertz CT molecular complexity index is 262. The van der Waals surface area contributed by atoms with Crippen molar-refractivity contribution in [3.8, 4) is 0 Å². The van der Waals surface area contributed by atoms with Crippen LogP contribution in [0.3, 0.4) is 0 Å². The molecule has 0 aliphatic carbocycles. The minimum atomic E-state index is 0.289. The first kappa shape index (κ1) is 11.6. The maximum atomic E-state index is 5.14. The minimum absolute atomic E-state index is 0.289. The standard InChI is InChI=1S/C10H18N2OS/c1-8(13-3)6-11-5-4-10-9(2)12-7-14-10/h7-8,11H,4-6H2,1-3H3. The molecule has 1 atom stereocenters. The van der Waals surface area contributed by atoms with Crippen LogP contribution in [-0.4, -0.2) is 31.3 Å². The molecule has 1 rings (SSSR count). The molecule has 80 valence electrons. The van der Waals surface area contributed by atoms with Crippen molar-refractivity contribution >= 4 is 11.3 Å². The van der Waals surface area contributed by atoms with Crippen LogP contribution in [-0.2, 0) is 11.2 Å². The van der Waals surface area contributed by atoms with Gasteiger partial charge in [0.05, 0.1) is 17.3 Å². The first-order valence-corrected chi connectivity index (χ1v) is 5.74. The molecule has 0 amide bonds. The van der Waals surface area contributed by atoms with Gasteiger partial charge in [0.2, 0.25) is 0 Å². The van der Waals surface area contributed by atoms with Gasteiger partial charge >= 0.3 is 0 Å². The van der Waals surface area contributed by atoms with Crippen LogP contribution in [0.1, 0.15) is 17.5 Å². The van der Waals surface area contributed by atoms with Gasteiger partial charge in [-0.2, -0.15) is 0 Å². The molecule has 0 radical (unpaired) electrons. The van der Waals surface area contributed by atoms with Crippen molar-refractivity contribution in [2.24, 2.45) is 0 Å². The van der Waals surface area contributed by atoms with Crippen LogP contribution in [0.4, 0.5) is 0 Å². The van der Waals surface area contributed by atoms with E-state index in [-0.39, 0.29) is 6.10 Å². The predicted octanol–water partition coefficient (Wildman–Crippen LogP) is 1.62. The van der Waals surface area contributed by atoms with Gasteiger partial charge in [0.1, 0.15) is 0 Å². The van der Waals surface area contributed by atoms with Gasteiger partial charge in [-0.3, -0.25) is 0 Å². The van der Waals surface area contributed by atoms with Crippen molar-refractivity contribution in [3.05, 3.63) is 16.1 Å². The van der Waals surface area contributed by atoms with Crippen LogP contribution in [0.2, 0.25) is 0 Å². The molecule has 3 nitrogen and oxygen atoms in total. The van der Waals surface area contributed by atoms with E-state index >= 15 is 0 Å². The fourth-order valence-corrected chi connectivity index (χ4v) is 1.94. The summed E-state index contributed by atoms with van der Waals surface area (Å²) in [4.78, 5) is 5.59. The zero-order valence-electron chi connectivity index (χ0n) is 9.04. The zero-order valence-corrected chi connectivity index (χ0v) is 9.86. The number of hydrogen-bond acceptors (Lipinski definition) is 4. The Morgan fingerprint density at radius 2 is 2.43 bits per heavy atom. The average molecular weight is 214 g/mol. The van der Waals surface area contributed by atoms with Gasteiger partial charge in [-0.15, -0.1) is 11.3 Å². The van der Waals surface area contributed by atoms with Crippen LogP contribution >= 0.6 is 11.3 Å². The van der Waals surface area contributed by atoms with Crippen molar-refractivity contribution in [1.29, 1.82) is 0 Å². The Kier molecular flexibility index (Phi) is 5.07. The van der Waals surface area contributed by atoms with Crippen LogP contribution in [0.5, 0.6) is 0 Å². The summed E-state index contributed by atoms with van der Waals surface area (Å²) in [5, 5.41) is 3.36. The Hall–Kier alpha value is -0.450. The van der Waals surface area contributed by atoms with E-state index in [2.05, 4.69) is 24.1 Å². The van der Waals surface area contributed by atoms with E-state index in [4.69, 9.17) is 4.74 Å². The van der Waals surface area contributed by atoms with Crippen molar-refractivity contribution in [3.63, 3.8) is 0 Å². The van der Waals surface area contributed by atoms with Crippen LogP contribution in [0.25, 0.3) is 0 Å². The minimum Gasteiger partial charge on any atom is -0.380 e. The Balaban J connectivity index is 2.13. The third-order valence-corrected chi connectivity index (χ3v) is 3.20. The summed E-state index contributed by atoms with van der Waals surface area (Å²) in [6.07, 6.45) is 1.35. The Labute approximate surface area is 89.5 Å². The van der Waals surface area contributed by atoms with Gasteiger partial charge in [-0.25, -0.2) is 4.98 Å². The monoisotopic (exact) mass is 214 g/mol. The van der Waals surface area contributed by atoms with E-state index in [0.717, 1.165) is 25.2 Å². The summed E-state index contributed by atoms with van der Waals surface area (Å²) in [5.74, 6) is 0. The lowest BCUT2D eigenvalue weighted by Crippen LogP contribution is -2.27. The highest BCUT2D eigenvalue weighted by Crippen LogP contribution is 2.11. The Morgan fingerprint density at radius 3 is 3.00 bits per heavy atom. The maximum Gasteiger partial charge on any atom is 0.0797 e. The van der Waals surface area contributed by atoms with E-state index in [1.54, 1.807) is 18.4 Å². The fourth-order valence-electron chi connectivity index (χ4n) is 1.16. The summed E-state index contributed by atoms with van der Waals surface area (Å²) in [7, 11) is 1.74. The molecule has 4 heteroatoms. The molecule has 1 unspecified atom stereocenters. The number of rotatable bonds is 6. The molecule has 1 heterocycles. The van der Waals surface area contributed by atoms with Gasteiger partial charge in [0.15, 0.2) is 0 Å². The van der Waals surface area contributed by atoms with Crippen molar-refractivity contribution in [2.45, 2.75) is 26.4 Å². The lowest BCUT2D eigenvalue weighted by atomic mass is 10.3. The smallest absolute Gasteiger partial charge is 0.0797 e. The highest BCUT2D eigenvalue weighted by Gasteiger charge is 2.01. The molecule has 14 heavy (non-hydrogen) atoms. The highest BCUT2D eigenvalue weighted by molar-refractivity contribution is 7.09. The number of aromatic nitrogens is 1. The lowest BCUT2D eigenvalue weighted by Gasteiger charge is -2.09. The lowest BCUT2D eigenvalue weighted by molar-refractivity contribution is 0.117. The summed E-state index contributed by atoms with van der Waals surface area (Å²) < 4.78 is 5.14. The van der Waals surface area contributed by atoms with Crippen molar-refractivity contribution in [1.82, 2.24) is 10.3 Å². The van der Waals surface area contributed by atoms with Crippen molar-refractivity contribution in [2.75, 3.05) is 20.2 Å². The van der Waals surface area contributed by atoms with E-state index in [1.165, 1.54) is 4.88 Å². The summed E-state index contributed by atoms with van der Waals surface area (Å²) in [6, 6.07) is 0. The number of thiazole rings is 1. The second kappa shape index (κ2) is 6.11. The molecular weight excluding hydrogens is 196 g/mol. The van der Waals surface area contributed by atoms with E-state index in [9.17, 15) is 0 Å². The van der Waals surface area contributed by atoms with E-state index in [0.29, 0.717) is 0 Å². The molecule has 0 aliphatic heterocycles.